The molecule has 1 unspecified atom stereocenters. The normalized spacial score (nSPS) is 15.2. The number of pyridine rings is 1. The van der Waals surface area contributed by atoms with Crippen molar-refractivity contribution in [1.29, 1.82) is 0 Å². The first kappa shape index (κ1) is 31.1. The van der Waals surface area contributed by atoms with Gasteiger partial charge >= 0.3 is 12.3 Å². The van der Waals surface area contributed by atoms with Crippen molar-refractivity contribution >= 4 is 22.9 Å². The van der Waals surface area contributed by atoms with Crippen LogP contribution in [0.5, 0.6) is 5.75 Å². The van der Waals surface area contributed by atoms with E-state index in [1.54, 1.807) is 11.0 Å². The molecule has 0 spiro atoms. The molecule has 42 heavy (non-hydrogen) atoms. The highest BCUT2D eigenvalue weighted by Crippen LogP contribution is 2.37. The number of halogens is 3. The van der Waals surface area contributed by atoms with Crippen LogP contribution in [0.1, 0.15) is 75.3 Å². The first-order chi connectivity index (χ1) is 19.9. The fourth-order valence-corrected chi connectivity index (χ4v) is 4.83. The van der Waals surface area contributed by atoms with Crippen LogP contribution < -0.4 is 15.8 Å². The first-order valence-electron chi connectivity index (χ1n) is 14.0. The molecule has 0 saturated carbocycles. The second kappa shape index (κ2) is 13.0. The second-order valence-electron chi connectivity index (χ2n) is 10.6. The minimum atomic E-state index is -4.65. The summed E-state index contributed by atoms with van der Waals surface area (Å²) in [5.41, 5.74) is 5.21. The Morgan fingerprint density at radius 3 is 2.48 bits per heavy atom. The predicted octanol–water partition coefficient (Wildman–Crippen LogP) is 5.67. The Labute approximate surface area is 241 Å². The number of rotatable bonds is 9. The van der Waals surface area contributed by atoms with Crippen molar-refractivity contribution in [3.63, 3.8) is 0 Å². The average molecular weight is 592 g/mol. The first-order valence-corrected chi connectivity index (χ1v) is 14.0. The number of fused-ring (bicyclic) bond motifs is 1. The summed E-state index contributed by atoms with van der Waals surface area (Å²) in [6.07, 6.45) is -3.26. The number of amides is 2. The number of ether oxygens (including phenoxy) is 2. The Bertz CT molecular complexity index is 1420. The highest BCUT2D eigenvalue weighted by molar-refractivity contribution is 5.98. The summed E-state index contributed by atoms with van der Waals surface area (Å²) in [4.78, 5) is 35.3. The van der Waals surface area contributed by atoms with Gasteiger partial charge in [-0.3, -0.25) is 4.79 Å². The fraction of sp³-hybridized carbons (Fsp3) is 0.517. The maximum atomic E-state index is 13.5. The van der Waals surface area contributed by atoms with E-state index in [0.717, 1.165) is 12.5 Å². The van der Waals surface area contributed by atoms with Crippen LogP contribution in [-0.2, 0) is 17.5 Å². The van der Waals surface area contributed by atoms with Crippen molar-refractivity contribution < 1.29 is 36.7 Å². The van der Waals surface area contributed by atoms with Gasteiger partial charge in [0.15, 0.2) is 11.5 Å². The van der Waals surface area contributed by atoms with Gasteiger partial charge in [-0.05, 0) is 51.5 Å². The molecule has 4 rings (SSSR count). The van der Waals surface area contributed by atoms with Crippen LogP contribution >= 0.6 is 0 Å². The molecule has 2 aromatic heterocycles. The van der Waals surface area contributed by atoms with Gasteiger partial charge in [-0.15, -0.1) is 0 Å². The van der Waals surface area contributed by atoms with E-state index < -0.39 is 23.9 Å². The smallest absolute Gasteiger partial charge is 0.433 e. The lowest BCUT2D eigenvalue weighted by molar-refractivity contribution is -0.140. The fourth-order valence-electron chi connectivity index (χ4n) is 4.83. The molecule has 0 aliphatic carbocycles. The van der Waals surface area contributed by atoms with Gasteiger partial charge in [0.2, 0.25) is 5.89 Å². The Morgan fingerprint density at radius 1 is 1.14 bits per heavy atom. The molecule has 2 amide bonds. The van der Waals surface area contributed by atoms with Gasteiger partial charge in [0.05, 0.1) is 12.6 Å². The molecule has 1 fully saturated rings. The van der Waals surface area contributed by atoms with Crippen molar-refractivity contribution in [2.45, 2.75) is 84.3 Å². The number of nitrogens with two attached hydrogens (primary N) is 1. The Kier molecular flexibility index (Phi) is 9.60. The summed E-state index contributed by atoms with van der Waals surface area (Å²) < 4.78 is 57.9. The molecule has 3 aromatic rings. The lowest BCUT2D eigenvalue weighted by atomic mass is 10.1. The average Bonchev–Trinajstić information content (AvgIpc) is 3.36. The molecule has 1 atom stereocenters. The SMILES string of the molecule is CCCC(C)Oc1ccc(-c2nc(C(=O)N3CCC(OC(=O)NC(C)C)CC3)c(CN)o2)c2ccc(C(F)(F)F)nc12. The topological polar surface area (TPSA) is 133 Å². The largest absolute Gasteiger partial charge is 0.488 e. The van der Waals surface area contributed by atoms with Gasteiger partial charge in [-0.1, -0.05) is 13.3 Å². The zero-order chi connectivity index (χ0) is 30.6. The quantitative estimate of drug-likeness (QED) is 0.325. The third kappa shape index (κ3) is 7.12. The lowest BCUT2D eigenvalue weighted by Crippen LogP contribution is -2.43. The Hall–Kier alpha value is -3.87. The number of piperidine rings is 1. The number of likely N-dealkylation sites (tertiary alicyclic amines) is 1. The van der Waals surface area contributed by atoms with Gasteiger partial charge in [0.25, 0.3) is 5.91 Å². The minimum absolute atomic E-state index is 0.00855. The molecular formula is C29H36F3N5O5. The number of nitrogens with zero attached hydrogens (tertiary/aromatic N) is 3. The summed E-state index contributed by atoms with van der Waals surface area (Å²) >= 11 is 0. The second-order valence-corrected chi connectivity index (χ2v) is 10.6. The molecule has 1 aliphatic heterocycles. The van der Waals surface area contributed by atoms with Crippen molar-refractivity contribution in [2.24, 2.45) is 5.73 Å². The van der Waals surface area contributed by atoms with Crippen LogP contribution in [-0.4, -0.2) is 58.2 Å². The summed E-state index contributed by atoms with van der Waals surface area (Å²) in [6.45, 7) is 8.04. The van der Waals surface area contributed by atoms with Crippen molar-refractivity contribution in [3.8, 4) is 17.2 Å². The van der Waals surface area contributed by atoms with Crippen LogP contribution in [0.2, 0.25) is 0 Å². The standard InChI is InChI=1S/C29H36F3N5O5/c1-5-6-17(4)40-21-9-7-20(19-8-10-23(29(30,31)32)35-24(19)21)26-36-25(22(15-33)42-26)27(38)37-13-11-18(12-14-37)41-28(39)34-16(2)3/h7-10,16-18H,5-6,11-15,33H2,1-4H3,(H,34,39). The predicted molar refractivity (Wildman–Crippen MR) is 149 cm³/mol. The number of oxazole rings is 1. The molecule has 1 saturated heterocycles. The summed E-state index contributed by atoms with van der Waals surface area (Å²) in [7, 11) is 0. The summed E-state index contributed by atoms with van der Waals surface area (Å²) in [6, 6.07) is 5.29. The zero-order valence-electron chi connectivity index (χ0n) is 24.1. The van der Waals surface area contributed by atoms with E-state index in [2.05, 4.69) is 15.3 Å². The summed E-state index contributed by atoms with van der Waals surface area (Å²) in [5.74, 6) is -0.0165. The van der Waals surface area contributed by atoms with Gasteiger partial charge in [0, 0.05) is 42.9 Å². The lowest BCUT2D eigenvalue weighted by Gasteiger charge is -2.31. The number of hydrogen-bond acceptors (Lipinski definition) is 8. The minimum Gasteiger partial charge on any atom is -0.488 e. The molecule has 0 bridgehead atoms. The molecule has 10 nitrogen and oxygen atoms in total. The Morgan fingerprint density at radius 2 is 1.86 bits per heavy atom. The van der Waals surface area contributed by atoms with Crippen LogP contribution in [0.25, 0.3) is 22.4 Å². The number of alkyl carbamates (subject to hydrolysis) is 1. The number of carbonyl (C=O) groups excluding carboxylic acids is 2. The van der Waals surface area contributed by atoms with E-state index in [-0.39, 0.29) is 53.4 Å². The number of benzene rings is 1. The molecule has 0 radical (unpaired) electrons. The van der Waals surface area contributed by atoms with E-state index >= 15 is 0 Å². The third-order valence-electron chi connectivity index (χ3n) is 6.86. The van der Waals surface area contributed by atoms with Crippen LogP contribution in [0.4, 0.5) is 18.0 Å². The van der Waals surface area contributed by atoms with Gasteiger partial charge in [-0.25, -0.2) is 14.8 Å². The maximum absolute atomic E-state index is 13.5. The number of carbonyl (C=O) groups is 2. The molecule has 13 heteroatoms. The van der Waals surface area contributed by atoms with E-state index in [0.29, 0.717) is 43.3 Å². The van der Waals surface area contributed by atoms with Crippen molar-refractivity contribution in [3.05, 3.63) is 41.4 Å². The highest BCUT2D eigenvalue weighted by atomic mass is 19.4. The van der Waals surface area contributed by atoms with E-state index in [1.165, 1.54) is 12.1 Å². The molecule has 228 valence electrons. The number of aromatic nitrogens is 2. The zero-order valence-corrected chi connectivity index (χ0v) is 24.1. The van der Waals surface area contributed by atoms with Gasteiger partial charge in [0.1, 0.15) is 23.1 Å². The van der Waals surface area contributed by atoms with E-state index in [4.69, 9.17) is 19.6 Å². The number of alkyl halides is 3. The third-order valence-corrected chi connectivity index (χ3v) is 6.86. The monoisotopic (exact) mass is 591 g/mol. The molecule has 1 aromatic carbocycles. The highest BCUT2D eigenvalue weighted by Gasteiger charge is 2.34. The van der Waals surface area contributed by atoms with Crippen molar-refractivity contribution in [1.82, 2.24) is 20.2 Å². The Balaban J connectivity index is 1.62. The van der Waals surface area contributed by atoms with Gasteiger partial charge < -0.3 is 29.8 Å². The van der Waals surface area contributed by atoms with Gasteiger partial charge in [-0.2, -0.15) is 13.2 Å². The molecule has 3 heterocycles. The van der Waals surface area contributed by atoms with Crippen molar-refractivity contribution in [2.75, 3.05) is 13.1 Å². The van der Waals surface area contributed by atoms with Crippen LogP contribution in [0, 0.1) is 0 Å². The van der Waals surface area contributed by atoms with E-state index in [1.807, 2.05) is 27.7 Å². The molecule has 1 aliphatic rings. The molecule has 3 N–H and O–H groups in total. The van der Waals surface area contributed by atoms with Crippen LogP contribution in [0.3, 0.4) is 0 Å². The summed E-state index contributed by atoms with van der Waals surface area (Å²) in [5, 5.41) is 3.00. The number of nitrogens with one attached hydrogen (secondary N) is 1. The number of hydrogen-bond donors (Lipinski definition) is 2. The molecular weight excluding hydrogens is 555 g/mol. The van der Waals surface area contributed by atoms with E-state index in [9.17, 15) is 22.8 Å². The maximum Gasteiger partial charge on any atom is 0.433 e. The van der Waals surface area contributed by atoms with Crippen LogP contribution in [0.15, 0.2) is 28.7 Å².